The van der Waals surface area contributed by atoms with Gasteiger partial charge >= 0.3 is 0 Å². The molecule has 24 heavy (non-hydrogen) atoms. The average Bonchev–Trinajstić information content (AvgIpc) is 3.14. The van der Waals surface area contributed by atoms with Crippen LogP contribution in [0.5, 0.6) is 0 Å². The summed E-state index contributed by atoms with van der Waals surface area (Å²) in [6.07, 6.45) is 1.25. The van der Waals surface area contributed by atoms with Gasteiger partial charge in [-0.2, -0.15) is 0 Å². The Kier molecular flexibility index (Phi) is 5.11. The largest absolute Gasteiger partial charge is 0.347 e. The van der Waals surface area contributed by atoms with Crippen LogP contribution in [-0.2, 0) is 16.0 Å². The average molecular weight is 325 g/mol. The van der Waals surface area contributed by atoms with Crippen LogP contribution in [0.25, 0.3) is 10.8 Å². The van der Waals surface area contributed by atoms with E-state index in [-0.39, 0.29) is 30.8 Å². The molecule has 2 aromatic rings. The molecule has 5 heteroatoms. The number of nitrogens with zero attached hydrogens (tertiary/aromatic N) is 1. The smallest absolute Gasteiger partial charge is 0.242 e. The zero-order valence-electron chi connectivity index (χ0n) is 13.9. The maximum absolute atomic E-state index is 12.2. The van der Waals surface area contributed by atoms with Gasteiger partial charge in [0.1, 0.15) is 0 Å². The summed E-state index contributed by atoms with van der Waals surface area (Å²) in [5, 5.41) is 8.19. The Bertz CT molecular complexity index is 733. The number of rotatable bonds is 5. The number of carbonyl (C=O) groups is 2. The predicted molar refractivity (Wildman–Crippen MR) is 94.7 cm³/mol. The predicted octanol–water partition coefficient (Wildman–Crippen LogP) is 1.32. The van der Waals surface area contributed by atoms with E-state index in [0.29, 0.717) is 0 Å². The molecule has 1 aliphatic heterocycles. The Morgan fingerprint density at radius 2 is 2.00 bits per heavy atom. The van der Waals surface area contributed by atoms with Crippen molar-refractivity contribution in [3.8, 4) is 0 Å². The van der Waals surface area contributed by atoms with Gasteiger partial charge in [-0.3, -0.25) is 9.59 Å². The first kappa shape index (κ1) is 16.5. The second kappa shape index (κ2) is 7.45. The fourth-order valence-electron chi connectivity index (χ4n) is 3.15. The SMILES string of the molecule is CN(C(=O)CNC(=O)Cc1cccc2ccccc12)C1CCNC1. The number of hydrogen-bond acceptors (Lipinski definition) is 3. The van der Waals surface area contributed by atoms with Crippen LogP contribution in [0.15, 0.2) is 42.5 Å². The first-order valence-corrected chi connectivity index (χ1v) is 8.35. The third-order valence-corrected chi connectivity index (χ3v) is 4.64. The van der Waals surface area contributed by atoms with Crippen molar-refractivity contribution >= 4 is 22.6 Å². The van der Waals surface area contributed by atoms with E-state index >= 15 is 0 Å². The molecule has 1 aliphatic rings. The highest BCUT2D eigenvalue weighted by molar-refractivity contribution is 5.91. The van der Waals surface area contributed by atoms with Gasteiger partial charge in [-0.1, -0.05) is 42.5 Å². The Morgan fingerprint density at radius 1 is 1.21 bits per heavy atom. The highest BCUT2D eigenvalue weighted by Crippen LogP contribution is 2.18. The molecule has 3 rings (SSSR count). The quantitative estimate of drug-likeness (QED) is 0.871. The summed E-state index contributed by atoms with van der Waals surface area (Å²) >= 11 is 0. The number of benzene rings is 2. The van der Waals surface area contributed by atoms with Crippen LogP contribution in [0.1, 0.15) is 12.0 Å². The first-order chi connectivity index (χ1) is 11.6. The Labute approximate surface area is 142 Å². The number of fused-ring (bicyclic) bond motifs is 1. The maximum Gasteiger partial charge on any atom is 0.242 e. The van der Waals surface area contributed by atoms with E-state index in [1.807, 2.05) is 42.5 Å². The van der Waals surface area contributed by atoms with Crippen molar-refractivity contribution in [3.05, 3.63) is 48.0 Å². The van der Waals surface area contributed by atoms with Crippen LogP contribution in [0.4, 0.5) is 0 Å². The van der Waals surface area contributed by atoms with Gasteiger partial charge in [0.05, 0.1) is 13.0 Å². The van der Waals surface area contributed by atoms with Crippen LogP contribution >= 0.6 is 0 Å². The van der Waals surface area contributed by atoms with Crippen LogP contribution in [0.3, 0.4) is 0 Å². The third kappa shape index (κ3) is 3.74. The monoisotopic (exact) mass is 325 g/mol. The zero-order valence-corrected chi connectivity index (χ0v) is 13.9. The maximum atomic E-state index is 12.2. The zero-order chi connectivity index (χ0) is 16.9. The Balaban J connectivity index is 1.56. The molecule has 0 bridgehead atoms. The van der Waals surface area contributed by atoms with E-state index in [9.17, 15) is 9.59 Å². The van der Waals surface area contributed by atoms with Gasteiger partial charge in [0.2, 0.25) is 11.8 Å². The molecule has 1 unspecified atom stereocenters. The van der Waals surface area contributed by atoms with Crippen molar-refractivity contribution in [2.24, 2.45) is 0 Å². The minimum Gasteiger partial charge on any atom is -0.347 e. The highest BCUT2D eigenvalue weighted by Gasteiger charge is 2.23. The van der Waals surface area contributed by atoms with Crippen molar-refractivity contribution in [2.75, 3.05) is 26.7 Å². The second-order valence-corrected chi connectivity index (χ2v) is 6.24. The molecule has 5 nitrogen and oxygen atoms in total. The van der Waals surface area contributed by atoms with E-state index in [1.165, 1.54) is 0 Å². The van der Waals surface area contributed by atoms with E-state index < -0.39 is 0 Å². The second-order valence-electron chi connectivity index (χ2n) is 6.24. The first-order valence-electron chi connectivity index (χ1n) is 8.35. The van der Waals surface area contributed by atoms with Gasteiger partial charge in [-0.05, 0) is 29.3 Å². The molecule has 2 amide bonds. The molecule has 1 fully saturated rings. The molecule has 0 aliphatic carbocycles. The summed E-state index contributed by atoms with van der Waals surface area (Å²) in [4.78, 5) is 26.1. The Hall–Kier alpha value is -2.40. The van der Waals surface area contributed by atoms with Crippen LogP contribution in [0, 0.1) is 0 Å². The van der Waals surface area contributed by atoms with Crippen LogP contribution in [-0.4, -0.2) is 49.4 Å². The lowest BCUT2D eigenvalue weighted by molar-refractivity contribution is -0.133. The summed E-state index contributed by atoms with van der Waals surface area (Å²) in [6, 6.07) is 14.2. The van der Waals surface area contributed by atoms with Crippen molar-refractivity contribution in [1.29, 1.82) is 0 Å². The van der Waals surface area contributed by atoms with Gasteiger partial charge < -0.3 is 15.5 Å². The van der Waals surface area contributed by atoms with Gasteiger partial charge in [-0.15, -0.1) is 0 Å². The lowest BCUT2D eigenvalue weighted by Gasteiger charge is -2.23. The van der Waals surface area contributed by atoms with E-state index in [4.69, 9.17) is 0 Å². The molecule has 2 aromatic carbocycles. The van der Waals surface area contributed by atoms with Crippen molar-refractivity contribution < 1.29 is 9.59 Å². The summed E-state index contributed by atoms with van der Waals surface area (Å²) < 4.78 is 0. The molecule has 2 N–H and O–H groups in total. The molecule has 0 saturated carbocycles. The van der Waals surface area contributed by atoms with Crippen molar-refractivity contribution in [2.45, 2.75) is 18.9 Å². The van der Waals surface area contributed by atoms with E-state index in [2.05, 4.69) is 10.6 Å². The third-order valence-electron chi connectivity index (χ3n) is 4.64. The van der Waals surface area contributed by atoms with E-state index in [0.717, 1.165) is 35.8 Å². The van der Waals surface area contributed by atoms with Crippen LogP contribution < -0.4 is 10.6 Å². The van der Waals surface area contributed by atoms with Gasteiger partial charge in [-0.25, -0.2) is 0 Å². The highest BCUT2D eigenvalue weighted by atomic mass is 16.2. The van der Waals surface area contributed by atoms with Crippen LogP contribution in [0.2, 0.25) is 0 Å². The fraction of sp³-hybridized carbons (Fsp3) is 0.368. The van der Waals surface area contributed by atoms with Crippen molar-refractivity contribution in [3.63, 3.8) is 0 Å². The molecule has 1 heterocycles. The minimum atomic E-state index is -0.127. The number of carbonyl (C=O) groups excluding carboxylic acids is 2. The standard InChI is InChI=1S/C19H23N3O2/c1-22(16-9-10-20-12-16)19(24)13-21-18(23)11-15-7-4-6-14-5-2-3-8-17(14)15/h2-8,16,20H,9-13H2,1H3,(H,21,23). The lowest BCUT2D eigenvalue weighted by Crippen LogP contribution is -2.44. The van der Waals surface area contributed by atoms with Gasteiger partial charge in [0.25, 0.3) is 0 Å². The normalized spacial score (nSPS) is 17.0. The van der Waals surface area contributed by atoms with E-state index in [1.54, 1.807) is 11.9 Å². The molecule has 1 atom stereocenters. The summed E-state index contributed by atoms with van der Waals surface area (Å²) in [5.41, 5.74) is 0.978. The van der Waals surface area contributed by atoms with Gasteiger partial charge in [0.15, 0.2) is 0 Å². The number of amides is 2. The molecule has 0 spiro atoms. The fourth-order valence-corrected chi connectivity index (χ4v) is 3.15. The number of likely N-dealkylation sites (N-methyl/N-ethyl adjacent to an activating group) is 1. The number of nitrogens with one attached hydrogen (secondary N) is 2. The topological polar surface area (TPSA) is 61.4 Å². The molecular weight excluding hydrogens is 302 g/mol. The molecular formula is C19H23N3O2. The summed E-state index contributed by atoms with van der Waals surface area (Å²) in [7, 11) is 1.80. The number of hydrogen-bond donors (Lipinski definition) is 2. The summed E-state index contributed by atoms with van der Waals surface area (Å²) in [6.45, 7) is 1.82. The molecule has 0 aromatic heterocycles. The lowest BCUT2D eigenvalue weighted by atomic mass is 10.0. The molecule has 1 saturated heterocycles. The molecule has 0 radical (unpaired) electrons. The minimum absolute atomic E-state index is 0.0463. The Morgan fingerprint density at radius 3 is 2.79 bits per heavy atom. The summed E-state index contributed by atoms with van der Waals surface area (Å²) in [5.74, 6) is -0.174. The molecule has 126 valence electrons. The van der Waals surface area contributed by atoms with Gasteiger partial charge in [0, 0.05) is 19.6 Å². The van der Waals surface area contributed by atoms with Crippen molar-refractivity contribution in [1.82, 2.24) is 15.5 Å².